The van der Waals surface area contributed by atoms with E-state index >= 15 is 0 Å². The summed E-state index contributed by atoms with van der Waals surface area (Å²) < 4.78 is 0. The SMILES string of the molecule is C/C(=N\NC(=O)[C@@H]1C[C@H]1c1ccccc1)c1ccc(-c2ccccc2)cc1. The van der Waals surface area contributed by atoms with Gasteiger partial charge in [-0.2, -0.15) is 5.10 Å². The molecule has 27 heavy (non-hydrogen) atoms. The van der Waals surface area contributed by atoms with Crippen molar-refractivity contribution in [2.24, 2.45) is 11.0 Å². The molecule has 1 aliphatic carbocycles. The van der Waals surface area contributed by atoms with Gasteiger partial charge in [-0.1, -0.05) is 84.9 Å². The Kier molecular flexibility index (Phi) is 4.84. The van der Waals surface area contributed by atoms with Crippen LogP contribution in [0.3, 0.4) is 0 Å². The Hall–Kier alpha value is -3.20. The fourth-order valence-electron chi connectivity index (χ4n) is 3.37. The summed E-state index contributed by atoms with van der Waals surface area (Å²) in [4.78, 5) is 12.3. The zero-order chi connectivity index (χ0) is 18.6. The van der Waals surface area contributed by atoms with E-state index in [9.17, 15) is 4.79 Å². The zero-order valence-corrected chi connectivity index (χ0v) is 15.3. The maximum atomic E-state index is 12.3. The first-order valence-electron chi connectivity index (χ1n) is 9.27. The predicted octanol–water partition coefficient (Wildman–Crippen LogP) is 5.00. The first-order valence-corrected chi connectivity index (χ1v) is 9.27. The second-order valence-electron chi connectivity index (χ2n) is 6.98. The molecule has 0 saturated heterocycles. The van der Waals surface area contributed by atoms with Crippen molar-refractivity contribution in [3.8, 4) is 11.1 Å². The maximum absolute atomic E-state index is 12.3. The van der Waals surface area contributed by atoms with Gasteiger partial charge in [-0.15, -0.1) is 0 Å². The number of nitrogens with one attached hydrogen (secondary N) is 1. The summed E-state index contributed by atoms with van der Waals surface area (Å²) >= 11 is 0. The monoisotopic (exact) mass is 354 g/mol. The fraction of sp³-hybridized carbons (Fsp3) is 0.167. The van der Waals surface area contributed by atoms with Crippen LogP contribution in [0.5, 0.6) is 0 Å². The number of carbonyl (C=O) groups excluding carboxylic acids is 1. The standard InChI is InChI=1S/C24H22N2O/c1-17(18-12-14-20(15-13-18)19-8-4-2-5-9-19)25-26-24(27)23-16-22(23)21-10-6-3-7-11-21/h2-15,22-23H,16H2,1H3,(H,26,27)/b25-17+/t22-,23+/m0/s1. The lowest BCUT2D eigenvalue weighted by Crippen LogP contribution is -2.21. The van der Waals surface area contributed by atoms with Gasteiger partial charge in [0, 0.05) is 5.92 Å². The minimum Gasteiger partial charge on any atom is -0.273 e. The molecule has 3 heteroatoms. The van der Waals surface area contributed by atoms with E-state index in [1.807, 2.05) is 55.5 Å². The molecule has 1 fully saturated rings. The molecule has 3 nitrogen and oxygen atoms in total. The normalized spacial score (nSPS) is 18.8. The number of amides is 1. The zero-order valence-electron chi connectivity index (χ0n) is 15.3. The van der Waals surface area contributed by atoms with Crippen molar-refractivity contribution >= 4 is 11.6 Å². The molecule has 3 aromatic rings. The molecule has 1 saturated carbocycles. The van der Waals surface area contributed by atoms with E-state index in [1.54, 1.807) is 0 Å². The van der Waals surface area contributed by atoms with Gasteiger partial charge in [-0.25, -0.2) is 5.43 Å². The molecule has 134 valence electrons. The van der Waals surface area contributed by atoms with Gasteiger partial charge in [-0.3, -0.25) is 4.79 Å². The van der Waals surface area contributed by atoms with Crippen molar-refractivity contribution in [2.45, 2.75) is 19.3 Å². The fourth-order valence-corrected chi connectivity index (χ4v) is 3.37. The molecule has 2 atom stereocenters. The predicted molar refractivity (Wildman–Crippen MR) is 110 cm³/mol. The number of hydrogen-bond donors (Lipinski definition) is 1. The number of carbonyl (C=O) groups is 1. The highest BCUT2D eigenvalue weighted by Gasteiger charge is 2.43. The summed E-state index contributed by atoms with van der Waals surface area (Å²) in [7, 11) is 0. The van der Waals surface area contributed by atoms with E-state index in [-0.39, 0.29) is 11.8 Å². The van der Waals surface area contributed by atoms with Gasteiger partial charge in [0.25, 0.3) is 0 Å². The van der Waals surface area contributed by atoms with Crippen LogP contribution in [0.1, 0.15) is 30.4 Å². The Bertz CT molecular complexity index is 947. The first-order chi connectivity index (χ1) is 13.2. The molecule has 0 aromatic heterocycles. The van der Waals surface area contributed by atoms with Crippen LogP contribution in [0.15, 0.2) is 90.0 Å². The van der Waals surface area contributed by atoms with Crippen LogP contribution in [-0.2, 0) is 4.79 Å². The molecule has 0 radical (unpaired) electrons. The van der Waals surface area contributed by atoms with Crippen molar-refractivity contribution in [1.29, 1.82) is 0 Å². The Morgan fingerprint density at radius 1 is 0.852 bits per heavy atom. The van der Waals surface area contributed by atoms with Crippen LogP contribution in [0.2, 0.25) is 0 Å². The highest BCUT2D eigenvalue weighted by atomic mass is 16.2. The average molecular weight is 354 g/mol. The molecule has 3 aromatic carbocycles. The highest BCUT2D eigenvalue weighted by molar-refractivity contribution is 5.99. The minimum absolute atomic E-state index is 0.00380. The Morgan fingerprint density at radius 2 is 1.44 bits per heavy atom. The molecule has 0 unspecified atom stereocenters. The number of hydrazone groups is 1. The molecule has 0 heterocycles. The van der Waals surface area contributed by atoms with Crippen molar-refractivity contribution < 1.29 is 4.79 Å². The molecule has 1 N–H and O–H groups in total. The van der Waals surface area contributed by atoms with Crippen LogP contribution in [0.4, 0.5) is 0 Å². The summed E-state index contributed by atoms with van der Waals surface area (Å²) in [5, 5.41) is 4.30. The lowest BCUT2D eigenvalue weighted by Gasteiger charge is -2.05. The molecule has 4 rings (SSSR count). The average Bonchev–Trinajstić information content (AvgIpc) is 3.54. The number of hydrogen-bond acceptors (Lipinski definition) is 2. The molecule has 1 amide bonds. The van der Waals surface area contributed by atoms with E-state index < -0.39 is 0 Å². The van der Waals surface area contributed by atoms with E-state index in [2.05, 4.69) is 46.9 Å². The largest absolute Gasteiger partial charge is 0.273 e. The number of nitrogens with zero attached hydrogens (tertiary/aromatic N) is 1. The van der Waals surface area contributed by atoms with Crippen LogP contribution < -0.4 is 5.43 Å². The molecule has 1 aliphatic rings. The summed E-state index contributed by atoms with van der Waals surface area (Å²) in [6, 6.07) is 28.7. The maximum Gasteiger partial charge on any atom is 0.243 e. The first kappa shape index (κ1) is 17.2. The van der Waals surface area contributed by atoms with E-state index in [0.29, 0.717) is 5.92 Å². The topological polar surface area (TPSA) is 41.5 Å². The van der Waals surface area contributed by atoms with Gasteiger partial charge in [0.15, 0.2) is 0 Å². The molecule has 0 spiro atoms. The smallest absolute Gasteiger partial charge is 0.243 e. The summed E-state index contributed by atoms with van der Waals surface area (Å²) in [6.07, 6.45) is 0.899. The van der Waals surface area contributed by atoms with Crippen molar-refractivity contribution in [1.82, 2.24) is 5.43 Å². The Balaban J connectivity index is 1.38. The third-order valence-electron chi connectivity index (χ3n) is 5.10. The Morgan fingerprint density at radius 3 is 2.11 bits per heavy atom. The van der Waals surface area contributed by atoms with Gasteiger partial charge >= 0.3 is 0 Å². The van der Waals surface area contributed by atoms with E-state index in [4.69, 9.17) is 0 Å². The Labute approximate surface area is 159 Å². The molecule has 0 aliphatic heterocycles. The van der Waals surface area contributed by atoms with E-state index in [0.717, 1.165) is 17.7 Å². The summed E-state index contributed by atoms with van der Waals surface area (Å²) in [5.74, 6) is 0.361. The molecule has 0 bridgehead atoms. The lowest BCUT2D eigenvalue weighted by atomic mass is 10.0. The van der Waals surface area contributed by atoms with Crippen molar-refractivity contribution in [2.75, 3.05) is 0 Å². The second-order valence-corrected chi connectivity index (χ2v) is 6.98. The number of benzene rings is 3. The van der Waals surface area contributed by atoms with Gasteiger partial charge in [0.1, 0.15) is 0 Å². The van der Waals surface area contributed by atoms with Crippen LogP contribution in [0, 0.1) is 5.92 Å². The van der Waals surface area contributed by atoms with E-state index in [1.165, 1.54) is 16.7 Å². The van der Waals surface area contributed by atoms with Crippen LogP contribution in [-0.4, -0.2) is 11.6 Å². The van der Waals surface area contributed by atoms with Crippen molar-refractivity contribution in [3.63, 3.8) is 0 Å². The van der Waals surface area contributed by atoms with Gasteiger partial charge in [-0.05, 0) is 41.5 Å². The lowest BCUT2D eigenvalue weighted by molar-refractivity contribution is -0.122. The summed E-state index contributed by atoms with van der Waals surface area (Å²) in [6.45, 7) is 1.92. The molecular formula is C24H22N2O. The van der Waals surface area contributed by atoms with Gasteiger partial charge in [0.05, 0.1) is 5.71 Å². The van der Waals surface area contributed by atoms with Crippen LogP contribution in [0.25, 0.3) is 11.1 Å². The van der Waals surface area contributed by atoms with Gasteiger partial charge in [0.2, 0.25) is 5.91 Å². The van der Waals surface area contributed by atoms with Crippen LogP contribution >= 0.6 is 0 Å². The van der Waals surface area contributed by atoms with Gasteiger partial charge < -0.3 is 0 Å². The molecular weight excluding hydrogens is 332 g/mol. The minimum atomic E-state index is 0.00380. The van der Waals surface area contributed by atoms with Crippen molar-refractivity contribution in [3.05, 3.63) is 96.1 Å². The second kappa shape index (κ2) is 7.58. The highest BCUT2D eigenvalue weighted by Crippen LogP contribution is 2.47. The summed E-state index contributed by atoms with van der Waals surface area (Å²) in [5.41, 5.74) is 8.13. The third kappa shape index (κ3) is 3.98. The quantitative estimate of drug-likeness (QED) is 0.508. The number of rotatable bonds is 5. The third-order valence-corrected chi connectivity index (χ3v) is 5.10.